The molecule has 1 aliphatic carbocycles. The fraction of sp³-hybridized carbons (Fsp3) is 0.423. The Kier molecular flexibility index (Phi) is 7.60. The zero-order chi connectivity index (χ0) is 23.0. The number of nitrogens with one attached hydrogen (secondary N) is 1. The van der Waals surface area contributed by atoms with Crippen LogP contribution in [0.1, 0.15) is 55.3 Å². The zero-order valence-corrected chi connectivity index (χ0v) is 18.8. The molecule has 0 aromatic heterocycles. The first-order valence-electron chi connectivity index (χ1n) is 11.7. The van der Waals surface area contributed by atoms with Gasteiger partial charge in [0, 0.05) is 24.6 Å². The maximum atomic E-state index is 12.7. The summed E-state index contributed by atoms with van der Waals surface area (Å²) in [5.74, 6) is 0.842. The molecule has 1 heterocycles. The number of rotatable bonds is 9. The molecule has 2 aliphatic rings. The summed E-state index contributed by atoms with van der Waals surface area (Å²) in [6, 6.07) is 14.5. The third-order valence-electron chi connectivity index (χ3n) is 6.09. The summed E-state index contributed by atoms with van der Waals surface area (Å²) in [7, 11) is 0. The fourth-order valence-electron chi connectivity index (χ4n) is 4.31. The van der Waals surface area contributed by atoms with Gasteiger partial charge in [0.15, 0.2) is 19.0 Å². The lowest BCUT2D eigenvalue weighted by molar-refractivity contribution is -0.123. The Balaban J connectivity index is 1.35. The van der Waals surface area contributed by atoms with Gasteiger partial charge in [0.1, 0.15) is 11.5 Å². The van der Waals surface area contributed by atoms with Crippen molar-refractivity contribution >= 4 is 23.3 Å². The van der Waals surface area contributed by atoms with E-state index in [0.29, 0.717) is 42.1 Å². The molecule has 1 aliphatic heterocycles. The van der Waals surface area contributed by atoms with Gasteiger partial charge in [0.25, 0.3) is 5.91 Å². The molecule has 174 valence electrons. The number of benzene rings is 2. The Morgan fingerprint density at radius 2 is 1.85 bits per heavy atom. The van der Waals surface area contributed by atoms with Crippen LogP contribution >= 0.6 is 0 Å². The molecule has 0 atom stereocenters. The van der Waals surface area contributed by atoms with Gasteiger partial charge in [-0.1, -0.05) is 37.5 Å². The predicted molar refractivity (Wildman–Crippen MR) is 125 cm³/mol. The fourth-order valence-corrected chi connectivity index (χ4v) is 4.31. The average Bonchev–Trinajstić information content (AvgIpc) is 2.85. The van der Waals surface area contributed by atoms with Crippen LogP contribution in [0.15, 0.2) is 48.5 Å². The third-order valence-corrected chi connectivity index (χ3v) is 6.09. The highest BCUT2D eigenvalue weighted by molar-refractivity contribution is 6.02. The van der Waals surface area contributed by atoms with E-state index < -0.39 is 0 Å². The van der Waals surface area contributed by atoms with Gasteiger partial charge in [0.2, 0.25) is 5.91 Å². The van der Waals surface area contributed by atoms with E-state index in [2.05, 4.69) is 5.32 Å². The van der Waals surface area contributed by atoms with E-state index in [4.69, 9.17) is 9.47 Å². The number of fused-ring (bicyclic) bond motifs is 1. The van der Waals surface area contributed by atoms with Crippen LogP contribution in [0.5, 0.6) is 11.5 Å². The predicted octanol–water partition coefficient (Wildman–Crippen LogP) is 3.90. The molecule has 7 nitrogen and oxygen atoms in total. The summed E-state index contributed by atoms with van der Waals surface area (Å²) in [6.45, 7) is 0.246. The number of carbonyl (C=O) groups is 3. The molecule has 1 N–H and O–H groups in total. The van der Waals surface area contributed by atoms with Crippen molar-refractivity contribution in [1.29, 1.82) is 0 Å². The monoisotopic (exact) mass is 450 g/mol. The van der Waals surface area contributed by atoms with E-state index in [0.717, 1.165) is 12.8 Å². The van der Waals surface area contributed by atoms with Crippen molar-refractivity contribution in [3.63, 3.8) is 0 Å². The Morgan fingerprint density at radius 3 is 2.64 bits per heavy atom. The first-order chi connectivity index (χ1) is 16.1. The van der Waals surface area contributed by atoms with Crippen LogP contribution in [0.4, 0.5) is 5.69 Å². The molecule has 4 rings (SSSR count). The van der Waals surface area contributed by atoms with Gasteiger partial charge in [-0.3, -0.25) is 14.4 Å². The minimum atomic E-state index is -0.188. The molecular formula is C26H30N2O5. The molecule has 0 spiro atoms. The Morgan fingerprint density at radius 1 is 1.06 bits per heavy atom. The highest BCUT2D eigenvalue weighted by Gasteiger charge is 2.26. The largest absolute Gasteiger partial charge is 0.485 e. The summed E-state index contributed by atoms with van der Waals surface area (Å²) in [6.07, 6.45) is 6.58. The molecule has 0 unspecified atom stereocenters. The SMILES string of the molecule is O=C(CCCN1C(=O)COc2ccc(C(=O)COc3ccccc3)cc21)NC1CCCCC1. The van der Waals surface area contributed by atoms with Gasteiger partial charge in [-0.25, -0.2) is 0 Å². The van der Waals surface area contributed by atoms with Crippen LogP contribution < -0.4 is 19.7 Å². The highest BCUT2D eigenvalue weighted by Crippen LogP contribution is 2.33. The third kappa shape index (κ3) is 6.12. The number of nitrogens with zero attached hydrogens (tertiary/aromatic N) is 1. The van der Waals surface area contributed by atoms with Crippen molar-refractivity contribution < 1.29 is 23.9 Å². The topological polar surface area (TPSA) is 84.9 Å². The normalized spacial score (nSPS) is 16.0. The van der Waals surface area contributed by atoms with Gasteiger partial charge < -0.3 is 19.7 Å². The van der Waals surface area contributed by atoms with Crippen LogP contribution in [0.2, 0.25) is 0 Å². The van der Waals surface area contributed by atoms with Crippen LogP contribution in [0, 0.1) is 0 Å². The van der Waals surface area contributed by atoms with Crippen LogP contribution in [0.3, 0.4) is 0 Å². The van der Waals surface area contributed by atoms with Crippen molar-refractivity contribution in [1.82, 2.24) is 5.32 Å². The number of hydrogen-bond donors (Lipinski definition) is 1. The molecule has 33 heavy (non-hydrogen) atoms. The molecule has 1 fully saturated rings. The van der Waals surface area contributed by atoms with Crippen molar-refractivity contribution in [2.24, 2.45) is 0 Å². The molecule has 0 bridgehead atoms. The number of Topliss-reactive ketones (excluding diaryl/α,β-unsaturated/α-hetero) is 1. The lowest BCUT2D eigenvalue weighted by Crippen LogP contribution is -2.40. The summed E-state index contributed by atoms with van der Waals surface area (Å²) >= 11 is 0. The Hall–Kier alpha value is -3.35. The van der Waals surface area contributed by atoms with E-state index >= 15 is 0 Å². The van der Waals surface area contributed by atoms with Crippen LogP contribution in [-0.4, -0.2) is 43.4 Å². The summed E-state index contributed by atoms with van der Waals surface area (Å²) in [4.78, 5) is 39.1. The van der Waals surface area contributed by atoms with Gasteiger partial charge in [-0.05, 0) is 49.6 Å². The molecular weight excluding hydrogens is 420 g/mol. The van der Waals surface area contributed by atoms with E-state index in [-0.39, 0.29) is 36.9 Å². The number of para-hydroxylation sites is 1. The minimum absolute atomic E-state index is 0.0322. The average molecular weight is 451 g/mol. The Labute approximate surface area is 194 Å². The zero-order valence-electron chi connectivity index (χ0n) is 18.8. The molecule has 0 radical (unpaired) electrons. The van der Waals surface area contributed by atoms with Crippen molar-refractivity contribution in [3.05, 3.63) is 54.1 Å². The second-order valence-electron chi connectivity index (χ2n) is 8.55. The first kappa shape index (κ1) is 22.8. The van der Waals surface area contributed by atoms with Crippen molar-refractivity contribution in [3.8, 4) is 11.5 Å². The molecule has 0 saturated heterocycles. The van der Waals surface area contributed by atoms with E-state index in [1.54, 1.807) is 35.2 Å². The minimum Gasteiger partial charge on any atom is -0.485 e. The van der Waals surface area contributed by atoms with E-state index in [9.17, 15) is 14.4 Å². The number of ketones is 1. The maximum absolute atomic E-state index is 12.7. The van der Waals surface area contributed by atoms with Crippen molar-refractivity contribution in [2.75, 3.05) is 24.7 Å². The van der Waals surface area contributed by atoms with Crippen LogP contribution in [0.25, 0.3) is 0 Å². The summed E-state index contributed by atoms with van der Waals surface area (Å²) in [5, 5.41) is 3.11. The number of amides is 2. The second-order valence-corrected chi connectivity index (χ2v) is 8.55. The number of ether oxygens (including phenoxy) is 2. The summed E-state index contributed by atoms with van der Waals surface area (Å²) < 4.78 is 11.1. The lowest BCUT2D eigenvalue weighted by Gasteiger charge is -2.30. The van der Waals surface area contributed by atoms with Gasteiger partial charge in [0.05, 0.1) is 5.69 Å². The lowest BCUT2D eigenvalue weighted by atomic mass is 9.95. The maximum Gasteiger partial charge on any atom is 0.265 e. The molecule has 2 aromatic carbocycles. The first-order valence-corrected chi connectivity index (χ1v) is 11.7. The molecule has 2 aromatic rings. The van der Waals surface area contributed by atoms with E-state index in [1.165, 1.54) is 19.3 Å². The molecule has 1 saturated carbocycles. The van der Waals surface area contributed by atoms with Crippen LogP contribution in [-0.2, 0) is 9.59 Å². The molecule has 2 amide bonds. The quantitative estimate of drug-likeness (QED) is 0.586. The van der Waals surface area contributed by atoms with Gasteiger partial charge >= 0.3 is 0 Å². The van der Waals surface area contributed by atoms with Gasteiger partial charge in [-0.2, -0.15) is 0 Å². The highest BCUT2D eigenvalue weighted by atomic mass is 16.5. The van der Waals surface area contributed by atoms with Crippen molar-refractivity contribution in [2.45, 2.75) is 51.0 Å². The standard InChI is InChI=1S/C26H30N2O5/c29-23(17-32-21-10-5-2-6-11-21)19-13-14-24-22(16-19)28(26(31)18-33-24)15-7-12-25(30)27-20-8-3-1-4-9-20/h2,5-6,10-11,13-14,16,20H,1,3-4,7-9,12,15,17-18H2,(H,27,30). The number of anilines is 1. The Bertz CT molecular complexity index is 985. The second kappa shape index (κ2) is 11.0. The van der Waals surface area contributed by atoms with Gasteiger partial charge in [-0.15, -0.1) is 0 Å². The summed E-state index contributed by atoms with van der Waals surface area (Å²) in [5.41, 5.74) is 1.01. The number of carbonyl (C=O) groups excluding carboxylic acids is 3. The van der Waals surface area contributed by atoms with E-state index in [1.807, 2.05) is 18.2 Å². The number of hydrogen-bond acceptors (Lipinski definition) is 5. The smallest absolute Gasteiger partial charge is 0.265 e. The molecule has 7 heteroatoms.